The number of para-hydroxylation sites is 1. The average Bonchev–Trinajstić information content (AvgIpc) is 2.80. The Hall–Kier alpha value is -3.15. The lowest BCUT2D eigenvalue weighted by Gasteiger charge is -2.14. The van der Waals surface area contributed by atoms with Crippen molar-refractivity contribution in [3.8, 4) is 0 Å². The highest BCUT2D eigenvalue weighted by atomic mass is 16.2. The molecule has 3 rings (SSSR count). The number of anilines is 1. The molecule has 0 aromatic heterocycles. The van der Waals surface area contributed by atoms with Gasteiger partial charge in [0.1, 0.15) is 6.04 Å². The van der Waals surface area contributed by atoms with E-state index in [0.717, 1.165) is 12.8 Å². The summed E-state index contributed by atoms with van der Waals surface area (Å²) in [4.78, 5) is 36.6. The molecule has 2 aromatic carbocycles. The number of aryl methyl sites for hydroxylation is 1. The molecule has 0 saturated carbocycles. The molecule has 1 aliphatic heterocycles. The molecule has 6 nitrogen and oxygen atoms in total. The first-order valence-corrected chi connectivity index (χ1v) is 9.15. The van der Waals surface area contributed by atoms with E-state index in [1.807, 2.05) is 18.2 Å². The monoisotopic (exact) mass is 365 g/mol. The lowest BCUT2D eigenvalue weighted by Crippen LogP contribution is -2.42. The summed E-state index contributed by atoms with van der Waals surface area (Å²) in [6.07, 6.45) is 2.20. The molecule has 1 heterocycles. The molecular weight excluding hydrogens is 342 g/mol. The SMILES string of the molecule is O=C(CC[C@@H]1NC(=O)c2ccccc2NC1=O)NCCCc1ccccc1. The summed E-state index contributed by atoms with van der Waals surface area (Å²) < 4.78 is 0. The van der Waals surface area contributed by atoms with Crippen molar-refractivity contribution < 1.29 is 14.4 Å². The van der Waals surface area contributed by atoms with Crippen molar-refractivity contribution in [3.05, 3.63) is 65.7 Å². The van der Waals surface area contributed by atoms with Crippen LogP contribution in [0.2, 0.25) is 0 Å². The van der Waals surface area contributed by atoms with Crippen molar-refractivity contribution in [1.29, 1.82) is 0 Å². The lowest BCUT2D eigenvalue weighted by molar-refractivity contribution is -0.121. The van der Waals surface area contributed by atoms with Crippen molar-refractivity contribution in [2.75, 3.05) is 11.9 Å². The van der Waals surface area contributed by atoms with Gasteiger partial charge < -0.3 is 16.0 Å². The van der Waals surface area contributed by atoms with Gasteiger partial charge in [0.2, 0.25) is 11.8 Å². The van der Waals surface area contributed by atoms with E-state index in [2.05, 4.69) is 28.1 Å². The number of hydrogen-bond acceptors (Lipinski definition) is 3. The normalized spacial score (nSPS) is 15.9. The van der Waals surface area contributed by atoms with Crippen LogP contribution >= 0.6 is 0 Å². The van der Waals surface area contributed by atoms with Gasteiger partial charge in [0.05, 0.1) is 11.3 Å². The zero-order valence-electron chi connectivity index (χ0n) is 15.0. The molecule has 0 radical (unpaired) electrons. The Bertz CT molecular complexity index is 820. The highest BCUT2D eigenvalue weighted by Gasteiger charge is 2.27. The summed E-state index contributed by atoms with van der Waals surface area (Å²) in [6, 6.07) is 16.2. The van der Waals surface area contributed by atoms with Crippen LogP contribution in [-0.2, 0) is 16.0 Å². The number of fused-ring (bicyclic) bond motifs is 1. The maximum Gasteiger partial charge on any atom is 0.254 e. The molecule has 0 fully saturated rings. The predicted octanol–water partition coefficient (Wildman–Crippen LogP) is 2.27. The number of carbonyl (C=O) groups excluding carboxylic acids is 3. The van der Waals surface area contributed by atoms with E-state index < -0.39 is 6.04 Å². The van der Waals surface area contributed by atoms with Crippen LogP contribution < -0.4 is 16.0 Å². The highest BCUT2D eigenvalue weighted by Crippen LogP contribution is 2.19. The van der Waals surface area contributed by atoms with E-state index in [1.54, 1.807) is 24.3 Å². The minimum absolute atomic E-state index is 0.119. The second-order valence-electron chi connectivity index (χ2n) is 6.54. The second kappa shape index (κ2) is 8.98. The van der Waals surface area contributed by atoms with Crippen molar-refractivity contribution >= 4 is 23.4 Å². The Balaban J connectivity index is 1.42. The van der Waals surface area contributed by atoms with E-state index in [1.165, 1.54) is 5.56 Å². The van der Waals surface area contributed by atoms with E-state index in [-0.39, 0.29) is 30.6 Å². The van der Waals surface area contributed by atoms with Gasteiger partial charge in [-0.1, -0.05) is 42.5 Å². The smallest absolute Gasteiger partial charge is 0.254 e. The van der Waals surface area contributed by atoms with Gasteiger partial charge in [0, 0.05) is 13.0 Å². The van der Waals surface area contributed by atoms with Gasteiger partial charge in [0.25, 0.3) is 5.91 Å². The zero-order chi connectivity index (χ0) is 19.1. The molecule has 0 bridgehead atoms. The van der Waals surface area contributed by atoms with Crippen LogP contribution in [0.25, 0.3) is 0 Å². The molecule has 140 valence electrons. The fraction of sp³-hybridized carbons (Fsp3) is 0.286. The number of hydrogen-bond donors (Lipinski definition) is 3. The Morgan fingerprint density at radius 2 is 1.74 bits per heavy atom. The van der Waals surface area contributed by atoms with Gasteiger partial charge in [0.15, 0.2) is 0 Å². The Kier molecular flexibility index (Phi) is 6.20. The molecule has 3 N–H and O–H groups in total. The summed E-state index contributed by atoms with van der Waals surface area (Å²) in [6.45, 7) is 0.586. The predicted molar refractivity (Wildman–Crippen MR) is 103 cm³/mol. The molecule has 0 spiro atoms. The maximum absolute atomic E-state index is 12.3. The van der Waals surface area contributed by atoms with Crippen molar-refractivity contribution in [1.82, 2.24) is 10.6 Å². The molecule has 2 aromatic rings. The summed E-state index contributed by atoms with van der Waals surface area (Å²) in [7, 11) is 0. The van der Waals surface area contributed by atoms with Crippen molar-refractivity contribution in [3.63, 3.8) is 0 Å². The van der Waals surface area contributed by atoms with Gasteiger partial charge in [-0.2, -0.15) is 0 Å². The first-order valence-electron chi connectivity index (χ1n) is 9.15. The summed E-state index contributed by atoms with van der Waals surface area (Å²) in [5.41, 5.74) is 2.16. The minimum Gasteiger partial charge on any atom is -0.356 e. The molecular formula is C21H23N3O3. The summed E-state index contributed by atoms with van der Waals surface area (Å²) in [5.74, 6) is -0.728. The first kappa shape index (κ1) is 18.6. The topological polar surface area (TPSA) is 87.3 Å². The lowest BCUT2D eigenvalue weighted by atomic mass is 10.1. The first-order chi connectivity index (χ1) is 13.1. The van der Waals surface area contributed by atoms with E-state index in [4.69, 9.17) is 0 Å². The average molecular weight is 365 g/mol. The zero-order valence-corrected chi connectivity index (χ0v) is 15.0. The Labute approximate surface area is 158 Å². The number of nitrogens with one attached hydrogen (secondary N) is 3. The maximum atomic E-state index is 12.3. The fourth-order valence-electron chi connectivity index (χ4n) is 3.04. The molecule has 0 aliphatic carbocycles. The molecule has 1 atom stereocenters. The van der Waals surface area contributed by atoms with E-state index in [9.17, 15) is 14.4 Å². The second-order valence-corrected chi connectivity index (χ2v) is 6.54. The van der Waals surface area contributed by atoms with Gasteiger partial charge in [-0.25, -0.2) is 0 Å². The summed E-state index contributed by atoms with van der Waals surface area (Å²) >= 11 is 0. The van der Waals surface area contributed by atoms with Crippen LogP contribution in [0, 0.1) is 0 Å². The molecule has 27 heavy (non-hydrogen) atoms. The number of amides is 3. The largest absolute Gasteiger partial charge is 0.356 e. The van der Waals surface area contributed by atoms with Crippen LogP contribution in [0.15, 0.2) is 54.6 Å². The van der Waals surface area contributed by atoms with Crippen LogP contribution in [0.1, 0.15) is 35.2 Å². The van der Waals surface area contributed by atoms with Crippen molar-refractivity contribution in [2.24, 2.45) is 0 Å². The molecule has 3 amide bonds. The third-order valence-corrected chi connectivity index (χ3v) is 4.52. The number of carbonyl (C=O) groups is 3. The van der Waals surface area contributed by atoms with Gasteiger partial charge in [-0.15, -0.1) is 0 Å². The van der Waals surface area contributed by atoms with E-state index in [0.29, 0.717) is 17.8 Å². The van der Waals surface area contributed by atoms with Crippen LogP contribution in [0.5, 0.6) is 0 Å². The quantitative estimate of drug-likeness (QED) is 0.658. The standard InChI is InChI=1S/C21H23N3O3/c25-19(22-14-6-9-15-7-2-1-3-8-15)13-12-18-21(27)23-17-11-5-4-10-16(17)20(26)24-18/h1-5,7-8,10-11,18H,6,9,12-14H2,(H,22,25)(H,23,27)(H,24,26)/t18-/m0/s1. The molecule has 6 heteroatoms. The number of benzene rings is 2. The minimum atomic E-state index is -0.722. The van der Waals surface area contributed by atoms with Crippen LogP contribution in [-0.4, -0.2) is 30.3 Å². The fourth-order valence-corrected chi connectivity index (χ4v) is 3.04. The third kappa shape index (κ3) is 5.17. The van der Waals surface area contributed by atoms with E-state index >= 15 is 0 Å². The van der Waals surface area contributed by atoms with Crippen molar-refractivity contribution in [2.45, 2.75) is 31.7 Å². The summed E-state index contributed by atoms with van der Waals surface area (Å²) in [5, 5.41) is 8.31. The Morgan fingerprint density at radius 1 is 1.00 bits per heavy atom. The highest BCUT2D eigenvalue weighted by molar-refractivity contribution is 6.09. The number of rotatable bonds is 7. The van der Waals surface area contributed by atoms with Gasteiger partial charge in [-0.3, -0.25) is 14.4 Å². The molecule has 1 aliphatic rings. The molecule has 0 unspecified atom stereocenters. The van der Waals surface area contributed by atoms with Gasteiger partial charge >= 0.3 is 0 Å². The molecule has 0 saturated heterocycles. The van der Waals surface area contributed by atoms with Crippen LogP contribution in [0.4, 0.5) is 5.69 Å². The van der Waals surface area contributed by atoms with Gasteiger partial charge in [-0.05, 0) is 37.0 Å². The third-order valence-electron chi connectivity index (χ3n) is 4.52. The van der Waals surface area contributed by atoms with Crippen LogP contribution in [0.3, 0.4) is 0 Å². The Morgan fingerprint density at radius 3 is 2.56 bits per heavy atom.